The fourth-order valence-electron chi connectivity index (χ4n) is 3.87. The predicted molar refractivity (Wildman–Crippen MR) is 113 cm³/mol. The van der Waals surface area contributed by atoms with Crippen LogP contribution in [-0.4, -0.2) is 21.5 Å². The lowest BCUT2D eigenvalue weighted by Crippen LogP contribution is -2.09. The Morgan fingerprint density at radius 2 is 1.90 bits per heavy atom. The van der Waals surface area contributed by atoms with E-state index < -0.39 is 6.10 Å². The van der Waals surface area contributed by atoms with Crippen molar-refractivity contribution >= 4 is 6.21 Å². The molecule has 3 aromatic rings. The number of nitrogens with zero attached hydrogens (tertiary/aromatic N) is 2. The number of aliphatic hydroxyl groups is 1. The number of H-pyrrole nitrogens is 1. The van der Waals surface area contributed by atoms with Gasteiger partial charge in [0.1, 0.15) is 5.82 Å². The summed E-state index contributed by atoms with van der Waals surface area (Å²) in [5.41, 5.74) is 4.43. The summed E-state index contributed by atoms with van der Waals surface area (Å²) in [6.45, 7) is 2.11. The van der Waals surface area contributed by atoms with Crippen molar-refractivity contribution < 1.29 is 9.50 Å². The fourth-order valence-corrected chi connectivity index (χ4v) is 3.87. The van der Waals surface area contributed by atoms with Gasteiger partial charge < -0.3 is 5.11 Å². The van der Waals surface area contributed by atoms with E-state index in [1.807, 2.05) is 30.5 Å². The molecule has 29 heavy (non-hydrogen) atoms. The van der Waals surface area contributed by atoms with Gasteiger partial charge in [0.25, 0.3) is 0 Å². The lowest BCUT2D eigenvalue weighted by molar-refractivity contribution is 0.153. The van der Waals surface area contributed by atoms with Gasteiger partial charge in [-0.25, -0.2) is 4.39 Å². The molecule has 2 aromatic carbocycles. The largest absolute Gasteiger partial charge is 0.387 e. The maximum Gasteiger partial charge on any atom is 0.123 e. The van der Waals surface area contributed by atoms with Crippen molar-refractivity contribution in [2.45, 2.75) is 37.7 Å². The summed E-state index contributed by atoms with van der Waals surface area (Å²) in [6, 6.07) is 16.5. The molecule has 2 N–H and O–H groups in total. The van der Waals surface area contributed by atoms with Crippen LogP contribution in [0.25, 0.3) is 11.3 Å². The molecule has 1 aliphatic rings. The fraction of sp³-hybridized carbons (Fsp3) is 0.250. The van der Waals surface area contributed by atoms with Crippen LogP contribution in [0.5, 0.6) is 0 Å². The first-order valence-corrected chi connectivity index (χ1v) is 9.89. The van der Waals surface area contributed by atoms with Gasteiger partial charge in [-0.1, -0.05) is 43.3 Å². The van der Waals surface area contributed by atoms with Crippen LogP contribution in [0, 0.1) is 5.82 Å². The Kier molecular flexibility index (Phi) is 5.67. The van der Waals surface area contributed by atoms with Crippen LogP contribution in [0.15, 0.2) is 71.9 Å². The number of halogens is 1. The molecule has 2 heterocycles. The Labute approximate surface area is 169 Å². The molecule has 0 spiro atoms. The number of aliphatic imine (C=N–C) groups is 1. The third kappa shape index (κ3) is 4.20. The highest BCUT2D eigenvalue weighted by Crippen LogP contribution is 2.38. The zero-order chi connectivity index (χ0) is 20.2. The average Bonchev–Trinajstić information content (AvgIpc) is 3.21. The van der Waals surface area contributed by atoms with Crippen LogP contribution >= 0.6 is 0 Å². The molecule has 4 nitrogen and oxygen atoms in total. The van der Waals surface area contributed by atoms with Crippen LogP contribution in [0.1, 0.15) is 54.5 Å². The topological polar surface area (TPSA) is 61.3 Å². The lowest BCUT2D eigenvalue weighted by atomic mass is 9.86. The molecule has 0 fully saturated rings. The van der Waals surface area contributed by atoms with Crippen LogP contribution in [0.3, 0.4) is 0 Å². The van der Waals surface area contributed by atoms with E-state index >= 15 is 0 Å². The number of nitrogens with one attached hydrogen (secondary N) is 1. The highest BCUT2D eigenvalue weighted by atomic mass is 19.1. The van der Waals surface area contributed by atoms with Gasteiger partial charge in [-0.2, -0.15) is 5.10 Å². The van der Waals surface area contributed by atoms with Crippen LogP contribution in [0.2, 0.25) is 0 Å². The maximum atomic E-state index is 13.4. The highest BCUT2D eigenvalue weighted by molar-refractivity contribution is 5.69. The first-order valence-electron chi connectivity index (χ1n) is 9.89. The Bertz CT molecular complexity index is 1010. The Balaban J connectivity index is 1.68. The quantitative estimate of drug-likeness (QED) is 0.583. The number of hydrogen-bond acceptors (Lipinski definition) is 3. The molecular formula is C24H24FN3O. The number of allylic oxidation sites excluding steroid dienone is 1. The summed E-state index contributed by atoms with van der Waals surface area (Å²) in [5.74, 6) is -0.0319. The molecule has 4 rings (SSSR count). The van der Waals surface area contributed by atoms with Gasteiger partial charge >= 0.3 is 0 Å². The van der Waals surface area contributed by atoms with E-state index in [9.17, 15) is 9.50 Å². The standard InChI is InChI=1S/C24H24FN3O/c1-16(17-5-3-2-4-6-17)15-21(29)24-22(18-11-13-26-14-12-18)23(27-28-24)19-7-9-20(25)10-8-19/h2-11,13-14,16,18,21,29H,12,15H2,1H3,(H,27,28). The van der Waals surface area contributed by atoms with Crippen molar-refractivity contribution in [1.82, 2.24) is 10.2 Å². The molecule has 3 unspecified atom stereocenters. The number of aliphatic hydroxyl groups excluding tert-OH is 1. The van der Waals surface area contributed by atoms with Gasteiger partial charge in [0, 0.05) is 29.5 Å². The Hall–Kier alpha value is -3.05. The molecule has 1 aromatic heterocycles. The minimum atomic E-state index is -0.686. The van der Waals surface area contributed by atoms with Crippen molar-refractivity contribution in [2.24, 2.45) is 4.99 Å². The zero-order valence-corrected chi connectivity index (χ0v) is 16.3. The molecular weight excluding hydrogens is 365 g/mol. The molecule has 0 bridgehead atoms. The molecule has 148 valence electrons. The number of rotatable bonds is 6. The maximum absolute atomic E-state index is 13.4. The summed E-state index contributed by atoms with van der Waals surface area (Å²) in [5, 5.41) is 18.7. The second kappa shape index (κ2) is 8.53. The van der Waals surface area contributed by atoms with Crippen molar-refractivity contribution in [3.05, 3.63) is 89.5 Å². The first kappa shape index (κ1) is 19.3. The first-order chi connectivity index (χ1) is 14.1. The van der Waals surface area contributed by atoms with Crippen LogP contribution < -0.4 is 0 Å². The molecule has 0 aliphatic carbocycles. The molecule has 3 atom stereocenters. The Morgan fingerprint density at radius 1 is 1.14 bits per heavy atom. The molecule has 5 heteroatoms. The number of hydrogen-bond donors (Lipinski definition) is 2. The van der Waals surface area contributed by atoms with Crippen molar-refractivity contribution in [1.29, 1.82) is 0 Å². The number of aromatic nitrogens is 2. The minimum absolute atomic E-state index is 0.0583. The average molecular weight is 389 g/mol. The second-order valence-corrected chi connectivity index (χ2v) is 7.49. The van der Waals surface area contributed by atoms with Gasteiger partial charge in [-0.3, -0.25) is 10.1 Å². The summed E-state index contributed by atoms with van der Waals surface area (Å²) >= 11 is 0. The van der Waals surface area contributed by atoms with E-state index in [1.54, 1.807) is 18.3 Å². The summed E-state index contributed by atoms with van der Waals surface area (Å²) in [4.78, 5) is 4.17. The van der Waals surface area contributed by atoms with Crippen LogP contribution in [-0.2, 0) is 0 Å². The third-order valence-electron chi connectivity index (χ3n) is 5.47. The summed E-state index contributed by atoms with van der Waals surface area (Å²) in [6.07, 6.45) is 6.29. The number of aromatic amines is 1. The molecule has 0 saturated carbocycles. The van der Waals surface area contributed by atoms with Crippen molar-refractivity contribution in [2.75, 3.05) is 0 Å². The van der Waals surface area contributed by atoms with E-state index in [0.29, 0.717) is 6.42 Å². The molecule has 0 saturated heterocycles. The van der Waals surface area contributed by atoms with E-state index in [2.05, 4.69) is 34.2 Å². The SMILES string of the molecule is CC(CC(O)c1[nH]nc(-c2ccc(F)cc2)c1C1C=CN=CC1)c1ccccc1. The monoisotopic (exact) mass is 389 g/mol. The lowest BCUT2D eigenvalue weighted by Gasteiger charge is -2.20. The number of benzene rings is 2. The van der Waals surface area contributed by atoms with E-state index in [-0.39, 0.29) is 17.7 Å². The smallest absolute Gasteiger partial charge is 0.123 e. The normalized spacial score (nSPS) is 18.0. The summed E-state index contributed by atoms with van der Waals surface area (Å²) in [7, 11) is 0. The zero-order valence-electron chi connectivity index (χ0n) is 16.3. The van der Waals surface area contributed by atoms with Gasteiger partial charge in [-0.15, -0.1) is 0 Å². The van der Waals surface area contributed by atoms with Gasteiger partial charge in [-0.05, 0) is 48.6 Å². The van der Waals surface area contributed by atoms with Crippen molar-refractivity contribution in [3.8, 4) is 11.3 Å². The highest BCUT2D eigenvalue weighted by Gasteiger charge is 2.27. The van der Waals surface area contributed by atoms with E-state index in [4.69, 9.17) is 0 Å². The summed E-state index contributed by atoms with van der Waals surface area (Å²) < 4.78 is 13.4. The molecule has 0 radical (unpaired) electrons. The molecule has 1 aliphatic heterocycles. The van der Waals surface area contributed by atoms with Gasteiger partial charge in [0.2, 0.25) is 0 Å². The van der Waals surface area contributed by atoms with Crippen LogP contribution in [0.4, 0.5) is 4.39 Å². The molecule has 0 amide bonds. The predicted octanol–water partition coefficient (Wildman–Crippen LogP) is 5.51. The van der Waals surface area contributed by atoms with Gasteiger partial charge in [0.05, 0.1) is 17.5 Å². The Morgan fingerprint density at radius 3 is 2.59 bits per heavy atom. The minimum Gasteiger partial charge on any atom is -0.387 e. The van der Waals surface area contributed by atoms with E-state index in [1.165, 1.54) is 17.7 Å². The second-order valence-electron chi connectivity index (χ2n) is 7.49. The van der Waals surface area contributed by atoms with Gasteiger partial charge in [0.15, 0.2) is 0 Å². The van der Waals surface area contributed by atoms with E-state index in [0.717, 1.165) is 28.9 Å². The van der Waals surface area contributed by atoms with Crippen molar-refractivity contribution in [3.63, 3.8) is 0 Å². The third-order valence-corrected chi connectivity index (χ3v) is 5.47.